The second-order valence-corrected chi connectivity index (χ2v) is 6.25. The Morgan fingerprint density at radius 3 is 2.89 bits per heavy atom. The van der Waals surface area contributed by atoms with E-state index in [9.17, 15) is 0 Å². The van der Waals surface area contributed by atoms with E-state index in [0.717, 1.165) is 29.0 Å². The van der Waals surface area contributed by atoms with Gasteiger partial charge in [0, 0.05) is 37.6 Å². The maximum atomic E-state index is 5.78. The zero-order valence-corrected chi connectivity index (χ0v) is 11.3. The van der Waals surface area contributed by atoms with Gasteiger partial charge in [-0.05, 0) is 30.9 Å². The Bertz CT molecular complexity index is 550. The Balaban J connectivity index is 1.50. The van der Waals surface area contributed by atoms with Crippen LogP contribution in [0.25, 0.3) is 0 Å². The van der Waals surface area contributed by atoms with Gasteiger partial charge in [0.05, 0.1) is 0 Å². The van der Waals surface area contributed by atoms with Crippen LogP contribution >= 0.6 is 0 Å². The molecule has 0 spiro atoms. The largest absolute Gasteiger partial charge is 0.449 e. The smallest absolute Gasteiger partial charge is 0.246 e. The number of fused-ring (bicyclic) bond motifs is 2. The summed E-state index contributed by atoms with van der Waals surface area (Å²) in [6.45, 7) is 3.86. The van der Waals surface area contributed by atoms with Crippen molar-refractivity contribution < 1.29 is 9.47 Å². The van der Waals surface area contributed by atoms with Crippen molar-refractivity contribution in [1.82, 2.24) is 0 Å². The zero-order chi connectivity index (χ0) is 13.0. The van der Waals surface area contributed by atoms with Gasteiger partial charge in [0.25, 0.3) is 0 Å². The quantitative estimate of drug-likeness (QED) is 0.822. The molecule has 3 atom stereocenters. The first-order chi connectivity index (χ1) is 9.11. The normalized spacial score (nSPS) is 32.8. The molecule has 0 radical (unpaired) electrons. The Hall–Kier alpha value is -1.64. The van der Waals surface area contributed by atoms with Gasteiger partial charge < -0.3 is 14.8 Å². The van der Waals surface area contributed by atoms with E-state index in [2.05, 4.69) is 29.6 Å². The Labute approximate surface area is 113 Å². The summed E-state index contributed by atoms with van der Waals surface area (Å²) in [7, 11) is 0. The van der Waals surface area contributed by atoms with Crippen LogP contribution in [0.4, 0.5) is 5.69 Å². The molecule has 1 fully saturated rings. The molecule has 1 aromatic rings. The lowest BCUT2D eigenvalue weighted by Gasteiger charge is -2.41. The van der Waals surface area contributed by atoms with Crippen molar-refractivity contribution in [3.63, 3.8) is 0 Å². The number of rotatable bonds is 2. The Kier molecular flexibility index (Phi) is 2.17. The number of benzene rings is 1. The summed E-state index contributed by atoms with van der Waals surface area (Å²) in [5, 5.41) is 3.62. The predicted octanol–water partition coefficient (Wildman–Crippen LogP) is 3.57. The van der Waals surface area contributed by atoms with Crippen molar-refractivity contribution in [2.24, 2.45) is 11.8 Å². The van der Waals surface area contributed by atoms with Crippen molar-refractivity contribution in [2.45, 2.75) is 38.5 Å². The first-order valence-electron chi connectivity index (χ1n) is 7.06. The fourth-order valence-electron chi connectivity index (χ4n) is 3.41. The van der Waals surface area contributed by atoms with Gasteiger partial charge in [-0.25, -0.2) is 0 Å². The molecule has 4 rings (SSSR count). The second-order valence-electron chi connectivity index (χ2n) is 6.25. The summed E-state index contributed by atoms with van der Waals surface area (Å²) in [6, 6.07) is 6.70. The number of hydrogen-bond acceptors (Lipinski definition) is 3. The lowest BCUT2D eigenvalue weighted by atomic mass is 9.71. The molecule has 1 saturated carbocycles. The zero-order valence-electron chi connectivity index (χ0n) is 11.3. The summed E-state index contributed by atoms with van der Waals surface area (Å²) >= 11 is 0. The standard InChI is InChI=1S/C16H19NO2/c1-16(2)18-14-7-6-11(9-15(14)19-16)17-13-8-10-4-3-5-12(10)13/h3,5-7,9-10,12-13,17H,4,8H2,1-2H3. The van der Waals surface area contributed by atoms with Crippen LogP contribution in [0, 0.1) is 11.8 Å². The summed E-state index contributed by atoms with van der Waals surface area (Å²) in [6.07, 6.45) is 7.22. The second kappa shape index (κ2) is 3.69. The third-order valence-electron chi connectivity index (χ3n) is 4.37. The van der Waals surface area contributed by atoms with Crippen molar-refractivity contribution in [1.29, 1.82) is 0 Å². The topological polar surface area (TPSA) is 30.5 Å². The molecule has 3 heteroatoms. The SMILES string of the molecule is CC1(C)Oc2ccc(NC3CC4CC=CC43)cc2O1. The van der Waals surface area contributed by atoms with Crippen LogP contribution in [0.15, 0.2) is 30.4 Å². The van der Waals surface area contributed by atoms with Gasteiger partial charge in [0.15, 0.2) is 11.5 Å². The van der Waals surface area contributed by atoms with Gasteiger partial charge in [0.2, 0.25) is 5.79 Å². The highest BCUT2D eigenvalue weighted by molar-refractivity contribution is 5.57. The minimum Gasteiger partial charge on any atom is -0.449 e. The molecule has 0 saturated heterocycles. The number of nitrogens with one attached hydrogen (secondary N) is 1. The lowest BCUT2D eigenvalue weighted by molar-refractivity contribution is -0.0431. The Morgan fingerprint density at radius 1 is 1.21 bits per heavy atom. The molecular weight excluding hydrogens is 238 g/mol. The summed E-state index contributed by atoms with van der Waals surface area (Å²) in [5.41, 5.74) is 1.13. The lowest BCUT2D eigenvalue weighted by Crippen LogP contribution is -2.43. The first-order valence-corrected chi connectivity index (χ1v) is 7.06. The fraction of sp³-hybridized carbons (Fsp3) is 0.500. The molecule has 3 aliphatic rings. The maximum absolute atomic E-state index is 5.78. The fourth-order valence-corrected chi connectivity index (χ4v) is 3.41. The van der Waals surface area contributed by atoms with Crippen LogP contribution in [0.5, 0.6) is 11.5 Å². The number of anilines is 1. The highest BCUT2D eigenvalue weighted by Crippen LogP contribution is 2.45. The molecule has 1 aliphatic heterocycles. The predicted molar refractivity (Wildman–Crippen MR) is 74.5 cm³/mol. The van der Waals surface area contributed by atoms with Crippen LogP contribution < -0.4 is 14.8 Å². The maximum Gasteiger partial charge on any atom is 0.246 e. The molecule has 100 valence electrons. The van der Waals surface area contributed by atoms with Gasteiger partial charge in [0.1, 0.15) is 0 Å². The van der Waals surface area contributed by atoms with Crippen LogP contribution in [-0.4, -0.2) is 11.8 Å². The van der Waals surface area contributed by atoms with E-state index in [1.54, 1.807) is 0 Å². The average Bonchev–Trinajstić information content (AvgIpc) is 2.83. The molecule has 2 aliphatic carbocycles. The highest BCUT2D eigenvalue weighted by Gasteiger charge is 2.41. The van der Waals surface area contributed by atoms with Crippen LogP contribution in [0.2, 0.25) is 0 Å². The van der Waals surface area contributed by atoms with Crippen molar-refractivity contribution >= 4 is 5.69 Å². The van der Waals surface area contributed by atoms with Crippen LogP contribution in [0.1, 0.15) is 26.7 Å². The van der Waals surface area contributed by atoms with Crippen molar-refractivity contribution in [3.8, 4) is 11.5 Å². The molecule has 0 amide bonds. The van der Waals surface area contributed by atoms with E-state index in [0.29, 0.717) is 6.04 Å². The first kappa shape index (κ1) is 11.2. The third-order valence-corrected chi connectivity index (χ3v) is 4.37. The van der Waals surface area contributed by atoms with Gasteiger partial charge in [-0.1, -0.05) is 12.2 Å². The van der Waals surface area contributed by atoms with Gasteiger partial charge in [-0.15, -0.1) is 0 Å². The van der Waals surface area contributed by atoms with Gasteiger partial charge in [-0.3, -0.25) is 0 Å². The van der Waals surface area contributed by atoms with E-state index >= 15 is 0 Å². The summed E-state index contributed by atoms with van der Waals surface area (Å²) < 4.78 is 11.5. The van der Waals surface area contributed by atoms with Gasteiger partial charge >= 0.3 is 0 Å². The molecule has 0 bridgehead atoms. The van der Waals surface area contributed by atoms with E-state index in [-0.39, 0.29) is 0 Å². The molecular formula is C16H19NO2. The van der Waals surface area contributed by atoms with Gasteiger partial charge in [-0.2, -0.15) is 0 Å². The molecule has 1 N–H and O–H groups in total. The number of ether oxygens (including phenoxy) is 2. The van der Waals surface area contributed by atoms with Crippen molar-refractivity contribution in [2.75, 3.05) is 5.32 Å². The molecule has 19 heavy (non-hydrogen) atoms. The minimum absolute atomic E-state index is 0.545. The average molecular weight is 257 g/mol. The monoisotopic (exact) mass is 257 g/mol. The third kappa shape index (κ3) is 1.79. The summed E-state index contributed by atoms with van der Waals surface area (Å²) in [5.74, 6) is 2.74. The van der Waals surface area contributed by atoms with Crippen LogP contribution in [-0.2, 0) is 0 Å². The van der Waals surface area contributed by atoms with Crippen molar-refractivity contribution in [3.05, 3.63) is 30.4 Å². The molecule has 0 aromatic heterocycles. The number of hydrogen-bond donors (Lipinski definition) is 1. The van der Waals surface area contributed by atoms with E-state index in [1.165, 1.54) is 12.8 Å². The molecule has 1 heterocycles. The Morgan fingerprint density at radius 2 is 2.05 bits per heavy atom. The number of allylic oxidation sites excluding steroid dienone is 1. The molecule has 3 nitrogen and oxygen atoms in total. The summed E-state index contributed by atoms with van der Waals surface area (Å²) in [4.78, 5) is 0. The van der Waals surface area contributed by atoms with Crippen LogP contribution in [0.3, 0.4) is 0 Å². The van der Waals surface area contributed by atoms with E-state index in [4.69, 9.17) is 9.47 Å². The van der Waals surface area contributed by atoms with E-state index in [1.807, 2.05) is 19.9 Å². The minimum atomic E-state index is -0.545. The highest BCUT2D eigenvalue weighted by atomic mass is 16.7. The molecule has 1 aromatic carbocycles. The molecule has 3 unspecified atom stereocenters. The van der Waals surface area contributed by atoms with E-state index < -0.39 is 5.79 Å².